The van der Waals surface area contributed by atoms with Crippen molar-refractivity contribution in [3.05, 3.63) is 40.5 Å². The smallest absolute Gasteiger partial charge is 0.211 e. The van der Waals surface area contributed by atoms with Gasteiger partial charge in [-0.1, -0.05) is 0 Å². The quantitative estimate of drug-likeness (QED) is 0.460. The summed E-state index contributed by atoms with van der Waals surface area (Å²) in [4.78, 5) is 8.34. The molecule has 1 aromatic carbocycles. The van der Waals surface area contributed by atoms with E-state index in [1.807, 2.05) is 6.07 Å². The van der Waals surface area contributed by atoms with Crippen LogP contribution in [0.2, 0.25) is 0 Å². The molecule has 28 heavy (non-hydrogen) atoms. The highest BCUT2D eigenvalue weighted by molar-refractivity contribution is 5.98. The fraction of sp³-hybridized carbons (Fsp3) is 0.176. The highest BCUT2D eigenvalue weighted by Gasteiger charge is 2.32. The highest BCUT2D eigenvalue weighted by Crippen LogP contribution is 2.44. The first-order chi connectivity index (χ1) is 13.4. The van der Waals surface area contributed by atoms with Gasteiger partial charge in [-0.3, -0.25) is 5.32 Å². The second kappa shape index (κ2) is 7.25. The zero-order valence-corrected chi connectivity index (χ0v) is 14.5. The van der Waals surface area contributed by atoms with Crippen molar-refractivity contribution in [2.45, 2.75) is 13.0 Å². The molecule has 1 aromatic heterocycles. The van der Waals surface area contributed by atoms with Gasteiger partial charge in [0.1, 0.15) is 35.1 Å². The Kier molecular flexibility index (Phi) is 4.83. The third-order valence-corrected chi connectivity index (χ3v) is 3.98. The number of aliphatic imine (C=N–C) groups is 1. The molecular formula is C17H14F2N8O. The van der Waals surface area contributed by atoms with Crippen LogP contribution in [0.5, 0.6) is 5.75 Å². The van der Waals surface area contributed by atoms with Gasteiger partial charge in [0.05, 0.1) is 12.3 Å². The van der Waals surface area contributed by atoms with E-state index >= 15 is 0 Å². The molecule has 142 valence electrons. The molecule has 2 heterocycles. The maximum atomic E-state index is 14.4. The van der Waals surface area contributed by atoms with Crippen molar-refractivity contribution in [2.24, 2.45) is 4.99 Å². The first-order valence-electron chi connectivity index (χ1n) is 8.01. The number of benzene rings is 1. The Bertz CT molecular complexity index is 1070. The number of nitrogens with zero attached hydrogens (tertiary/aromatic N) is 4. The Balaban J connectivity index is 2.33. The van der Waals surface area contributed by atoms with Gasteiger partial charge in [0, 0.05) is 17.2 Å². The molecule has 11 heteroatoms. The van der Waals surface area contributed by atoms with Crippen molar-refractivity contribution in [1.82, 2.24) is 10.3 Å². The van der Waals surface area contributed by atoms with Gasteiger partial charge in [0.2, 0.25) is 5.96 Å². The summed E-state index contributed by atoms with van der Waals surface area (Å²) in [6, 6.07) is 2.46. The topological polar surface area (TPSA) is 158 Å². The van der Waals surface area contributed by atoms with Crippen molar-refractivity contribution in [3.8, 4) is 18.0 Å². The van der Waals surface area contributed by atoms with Crippen LogP contribution >= 0.6 is 0 Å². The van der Waals surface area contributed by atoms with E-state index < -0.39 is 17.7 Å². The maximum Gasteiger partial charge on any atom is 0.211 e. The minimum Gasteiger partial charge on any atom is -0.490 e. The lowest BCUT2D eigenvalue weighted by Gasteiger charge is -2.27. The molecule has 0 bridgehead atoms. The Morgan fingerprint density at radius 1 is 1.32 bits per heavy atom. The summed E-state index contributed by atoms with van der Waals surface area (Å²) in [7, 11) is 0. The number of hydrogen-bond acceptors (Lipinski definition) is 9. The molecule has 0 saturated carbocycles. The lowest BCUT2D eigenvalue weighted by molar-refractivity contribution is 0.315. The first kappa shape index (κ1) is 18.7. The molecule has 0 saturated heterocycles. The summed E-state index contributed by atoms with van der Waals surface area (Å²) >= 11 is 0. The summed E-state index contributed by atoms with van der Waals surface area (Å²) < 4.78 is 33.7. The summed E-state index contributed by atoms with van der Waals surface area (Å²) in [6.07, 6.45) is 1.69. The Morgan fingerprint density at radius 2 is 2.07 bits per heavy atom. The molecule has 1 atom stereocenters. The number of pyridine rings is 1. The first-order valence-corrected chi connectivity index (χ1v) is 8.01. The van der Waals surface area contributed by atoms with Crippen molar-refractivity contribution >= 4 is 23.3 Å². The number of anilines is 3. The largest absolute Gasteiger partial charge is 0.490 e. The Morgan fingerprint density at radius 3 is 2.71 bits per heavy atom. The number of hydrogen-bond donors (Lipinski definition) is 4. The lowest BCUT2D eigenvalue weighted by Crippen LogP contribution is -2.33. The van der Waals surface area contributed by atoms with Crippen molar-refractivity contribution in [3.63, 3.8) is 0 Å². The van der Waals surface area contributed by atoms with Crippen LogP contribution < -0.4 is 26.8 Å². The van der Waals surface area contributed by atoms with Crippen LogP contribution in [-0.2, 0) is 0 Å². The fourth-order valence-electron chi connectivity index (χ4n) is 2.89. The number of nitrogen functional groups attached to an aromatic ring is 2. The number of nitriles is 2. The predicted octanol–water partition coefficient (Wildman–Crippen LogP) is 1.74. The molecule has 1 aliphatic rings. The van der Waals surface area contributed by atoms with E-state index in [1.165, 1.54) is 0 Å². The predicted molar refractivity (Wildman–Crippen MR) is 97.0 cm³/mol. The van der Waals surface area contributed by atoms with Crippen LogP contribution in [0.25, 0.3) is 0 Å². The van der Waals surface area contributed by atoms with Crippen molar-refractivity contribution < 1.29 is 13.5 Å². The van der Waals surface area contributed by atoms with E-state index in [-0.39, 0.29) is 52.3 Å². The van der Waals surface area contributed by atoms with Crippen molar-refractivity contribution in [2.75, 3.05) is 23.4 Å². The minimum atomic E-state index is -1.11. The molecule has 0 fully saturated rings. The second-order valence-corrected chi connectivity index (χ2v) is 5.64. The molecule has 0 spiro atoms. The number of ether oxygens (including phenoxy) is 1. The Labute approximate surface area is 158 Å². The summed E-state index contributed by atoms with van der Waals surface area (Å²) in [6.45, 7) is 1.75. The SMILES string of the molecule is CCOc1c(F)cc(F)cc1C1N=C(NC#N)Nc2nc(N)c(C#N)c(N)c21. The van der Waals surface area contributed by atoms with Gasteiger partial charge in [0.25, 0.3) is 0 Å². The van der Waals surface area contributed by atoms with E-state index in [2.05, 4.69) is 20.6 Å². The van der Waals surface area contributed by atoms with E-state index in [0.29, 0.717) is 6.07 Å². The number of halogens is 2. The molecule has 3 rings (SSSR count). The van der Waals surface area contributed by atoms with Gasteiger partial charge in [0.15, 0.2) is 17.8 Å². The van der Waals surface area contributed by atoms with Gasteiger partial charge >= 0.3 is 0 Å². The van der Waals surface area contributed by atoms with Crippen LogP contribution in [0, 0.1) is 34.4 Å². The van der Waals surface area contributed by atoms with E-state index in [1.54, 1.807) is 13.1 Å². The monoisotopic (exact) mass is 384 g/mol. The maximum absolute atomic E-state index is 14.4. The number of nitrogens with two attached hydrogens (primary N) is 2. The highest BCUT2D eigenvalue weighted by atomic mass is 19.1. The van der Waals surface area contributed by atoms with E-state index in [4.69, 9.17) is 21.5 Å². The van der Waals surface area contributed by atoms with Gasteiger partial charge in [-0.25, -0.2) is 18.8 Å². The summed E-state index contributed by atoms with van der Waals surface area (Å²) in [5.74, 6) is -2.09. The zero-order valence-electron chi connectivity index (χ0n) is 14.5. The zero-order chi connectivity index (χ0) is 20.4. The molecule has 0 radical (unpaired) electrons. The van der Waals surface area contributed by atoms with Crippen LogP contribution in [0.1, 0.15) is 29.7 Å². The average Bonchev–Trinajstić information content (AvgIpc) is 2.63. The molecule has 6 N–H and O–H groups in total. The molecular weight excluding hydrogens is 370 g/mol. The normalized spacial score (nSPS) is 14.8. The Hall–Kier alpha value is -4.12. The number of fused-ring (bicyclic) bond motifs is 1. The average molecular weight is 384 g/mol. The van der Waals surface area contributed by atoms with Crippen LogP contribution in [-0.4, -0.2) is 17.6 Å². The number of rotatable bonds is 3. The van der Waals surface area contributed by atoms with Crippen LogP contribution in [0.3, 0.4) is 0 Å². The number of nitrogens with one attached hydrogen (secondary N) is 2. The van der Waals surface area contributed by atoms with Crippen LogP contribution in [0.15, 0.2) is 17.1 Å². The molecule has 1 aliphatic heterocycles. The second-order valence-electron chi connectivity index (χ2n) is 5.64. The van der Waals surface area contributed by atoms with E-state index in [9.17, 15) is 14.0 Å². The van der Waals surface area contributed by atoms with Gasteiger partial charge in [-0.15, -0.1) is 0 Å². The van der Waals surface area contributed by atoms with Crippen LogP contribution in [0.4, 0.5) is 26.1 Å². The summed E-state index contributed by atoms with van der Waals surface area (Å²) in [5, 5.41) is 23.2. The third-order valence-electron chi connectivity index (χ3n) is 3.98. The lowest BCUT2D eigenvalue weighted by atomic mass is 9.94. The number of aromatic nitrogens is 1. The standard InChI is InChI=1S/C17H14F2N8O/c1-2-28-14-8(3-7(18)4-10(14)19)13-11-12(22)9(5-20)15(23)26-16(11)27-17(25-13)24-6-21/h3-4,13H,2H2,1H3,(H6,22,23,24,25,26,27). The fourth-order valence-corrected chi connectivity index (χ4v) is 2.89. The summed E-state index contributed by atoms with van der Waals surface area (Å²) in [5.41, 5.74) is 11.9. The minimum absolute atomic E-state index is 0.0153. The number of guanidine groups is 1. The molecule has 9 nitrogen and oxygen atoms in total. The van der Waals surface area contributed by atoms with Gasteiger partial charge in [-0.05, 0) is 13.0 Å². The third kappa shape index (κ3) is 3.05. The molecule has 2 aromatic rings. The molecule has 0 amide bonds. The van der Waals surface area contributed by atoms with Gasteiger partial charge in [-0.2, -0.15) is 10.5 Å². The van der Waals surface area contributed by atoms with Crippen molar-refractivity contribution in [1.29, 1.82) is 10.5 Å². The van der Waals surface area contributed by atoms with E-state index in [0.717, 1.165) is 6.07 Å². The molecule has 0 aliphatic carbocycles. The molecule has 1 unspecified atom stereocenters. The van der Waals surface area contributed by atoms with Gasteiger partial charge < -0.3 is 21.5 Å².